The molecule has 2 heterocycles. The Morgan fingerprint density at radius 3 is 2.45 bits per heavy atom. The molecule has 1 aromatic heterocycles. The molecular formula is C24H18F3N3O. The van der Waals surface area contributed by atoms with Gasteiger partial charge in [-0.2, -0.15) is 13.2 Å². The first kappa shape index (κ1) is 19.4. The number of imidazole rings is 1. The van der Waals surface area contributed by atoms with Crippen LogP contribution in [0.5, 0.6) is 0 Å². The topological polar surface area (TPSA) is 38.1 Å². The molecule has 4 aromatic rings. The number of rotatable bonds is 3. The molecule has 0 radical (unpaired) electrons. The molecule has 1 amide bonds. The molecule has 0 saturated carbocycles. The van der Waals surface area contributed by atoms with Crippen molar-refractivity contribution in [2.75, 3.05) is 4.90 Å². The van der Waals surface area contributed by atoms with E-state index in [1.165, 1.54) is 6.07 Å². The number of amides is 1. The number of alkyl halides is 3. The Morgan fingerprint density at radius 1 is 0.935 bits per heavy atom. The van der Waals surface area contributed by atoms with E-state index in [1.54, 1.807) is 11.0 Å². The zero-order valence-electron chi connectivity index (χ0n) is 16.4. The summed E-state index contributed by atoms with van der Waals surface area (Å²) in [5.74, 6) is 0.276. The van der Waals surface area contributed by atoms with Gasteiger partial charge in [0.15, 0.2) is 0 Å². The number of benzene rings is 3. The predicted molar refractivity (Wildman–Crippen MR) is 112 cm³/mol. The Labute approximate surface area is 176 Å². The molecule has 5 rings (SSSR count). The minimum absolute atomic E-state index is 0.0570. The summed E-state index contributed by atoms with van der Waals surface area (Å²) in [6, 6.07) is 21.6. The van der Waals surface area contributed by atoms with Gasteiger partial charge in [-0.1, -0.05) is 54.6 Å². The number of anilines is 1. The van der Waals surface area contributed by atoms with Crippen molar-refractivity contribution in [3.63, 3.8) is 0 Å². The third-order valence-corrected chi connectivity index (χ3v) is 5.58. The molecule has 4 nitrogen and oxygen atoms in total. The first-order valence-corrected chi connectivity index (χ1v) is 9.90. The molecule has 1 aliphatic rings. The Bertz CT molecular complexity index is 1260. The van der Waals surface area contributed by atoms with Crippen LogP contribution in [0.4, 0.5) is 19.1 Å². The maximum Gasteiger partial charge on any atom is 0.416 e. The number of hydrogen-bond acceptors (Lipinski definition) is 2. The Balaban J connectivity index is 1.65. The SMILES string of the molecule is O=C1C[C@@H](c2cccc(C(F)(F)F)c2)n2c(nc3ccccc32)N1Cc1ccccc1. The molecule has 0 saturated heterocycles. The van der Waals surface area contributed by atoms with Gasteiger partial charge in [0, 0.05) is 0 Å². The van der Waals surface area contributed by atoms with Crippen molar-refractivity contribution in [3.05, 3.63) is 95.6 Å². The van der Waals surface area contributed by atoms with Crippen LogP contribution in [0.25, 0.3) is 11.0 Å². The number of halogens is 3. The second kappa shape index (κ2) is 7.27. The van der Waals surface area contributed by atoms with Crippen molar-refractivity contribution in [3.8, 4) is 0 Å². The minimum atomic E-state index is -4.45. The zero-order chi connectivity index (χ0) is 21.6. The van der Waals surface area contributed by atoms with E-state index in [0.29, 0.717) is 23.6 Å². The van der Waals surface area contributed by atoms with Gasteiger partial charge >= 0.3 is 6.18 Å². The number of nitrogens with zero attached hydrogens (tertiary/aromatic N) is 3. The van der Waals surface area contributed by atoms with E-state index in [4.69, 9.17) is 0 Å². The molecule has 3 aromatic carbocycles. The summed E-state index contributed by atoms with van der Waals surface area (Å²) in [6.07, 6.45) is -4.39. The third kappa shape index (κ3) is 3.46. The van der Waals surface area contributed by atoms with Crippen molar-refractivity contribution in [2.45, 2.75) is 25.2 Å². The van der Waals surface area contributed by atoms with Crippen LogP contribution in [-0.4, -0.2) is 15.5 Å². The largest absolute Gasteiger partial charge is 0.416 e. The highest BCUT2D eigenvalue weighted by Gasteiger charge is 2.36. The van der Waals surface area contributed by atoms with Gasteiger partial charge < -0.3 is 4.57 Å². The van der Waals surface area contributed by atoms with E-state index in [2.05, 4.69) is 4.98 Å². The van der Waals surface area contributed by atoms with Crippen LogP contribution in [0.1, 0.15) is 29.2 Å². The third-order valence-electron chi connectivity index (χ3n) is 5.58. The average Bonchev–Trinajstić information content (AvgIpc) is 3.15. The quantitative estimate of drug-likeness (QED) is 0.433. The summed E-state index contributed by atoms with van der Waals surface area (Å²) in [5.41, 5.74) is 2.14. The van der Waals surface area contributed by atoms with Crippen molar-refractivity contribution >= 4 is 22.9 Å². The number of fused-ring (bicyclic) bond motifs is 3. The van der Waals surface area contributed by atoms with Gasteiger partial charge in [0.25, 0.3) is 0 Å². The highest BCUT2D eigenvalue weighted by molar-refractivity contribution is 5.96. The first-order valence-electron chi connectivity index (χ1n) is 9.90. The molecule has 0 bridgehead atoms. The molecule has 0 N–H and O–H groups in total. The number of carbonyl (C=O) groups excluding carboxylic acids is 1. The zero-order valence-corrected chi connectivity index (χ0v) is 16.4. The van der Waals surface area contributed by atoms with Crippen LogP contribution >= 0.6 is 0 Å². The first-order chi connectivity index (χ1) is 14.9. The summed E-state index contributed by atoms with van der Waals surface area (Å²) >= 11 is 0. The second-order valence-electron chi connectivity index (χ2n) is 7.58. The van der Waals surface area contributed by atoms with E-state index in [1.807, 2.05) is 59.2 Å². The Morgan fingerprint density at radius 2 is 1.68 bits per heavy atom. The Kier molecular flexibility index (Phi) is 4.54. The predicted octanol–water partition coefficient (Wildman–Crippen LogP) is 5.58. The van der Waals surface area contributed by atoms with Crippen LogP contribution in [-0.2, 0) is 17.5 Å². The van der Waals surface area contributed by atoms with Crippen LogP contribution < -0.4 is 4.90 Å². The molecular weight excluding hydrogens is 403 g/mol. The van der Waals surface area contributed by atoms with Crippen molar-refractivity contribution in [1.29, 1.82) is 0 Å². The molecule has 156 valence electrons. The molecule has 0 spiro atoms. The molecule has 0 fully saturated rings. The van der Waals surface area contributed by atoms with Crippen LogP contribution in [0.15, 0.2) is 78.9 Å². The van der Waals surface area contributed by atoms with Crippen molar-refractivity contribution in [1.82, 2.24) is 9.55 Å². The fraction of sp³-hybridized carbons (Fsp3) is 0.167. The van der Waals surface area contributed by atoms with Gasteiger partial charge in [-0.25, -0.2) is 4.98 Å². The molecule has 31 heavy (non-hydrogen) atoms. The van der Waals surface area contributed by atoms with Crippen LogP contribution in [0.3, 0.4) is 0 Å². The van der Waals surface area contributed by atoms with E-state index >= 15 is 0 Å². The monoisotopic (exact) mass is 421 g/mol. The maximum absolute atomic E-state index is 13.3. The van der Waals surface area contributed by atoms with Crippen molar-refractivity contribution in [2.24, 2.45) is 0 Å². The smallest absolute Gasteiger partial charge is 0.302 e. The van der Waals surface area contributed by atoms with Gasteiger partial charge in [0.05, 0.1) is 35.6 Å². The number of hydrogen-bond donors (Lipinski definition) is 0. The molecule has 7 heteroatoms. The van der Waals surface area contributed by atoms with Gasteiger partial charge in [0.1, 0.15) is 0 Å². The molecule has 0 unspecified atom stereocenters. The second-order valence-corrected chi connectivity index (χ2v) is 7.58. The highest BCUT2D eigenvalue weighted by atomic mass is 19.4. The fourth-order valence-corrected chi connectivity index (χ4v) is 4.12. The van der Waals surface area contributed by atoms with Gasteiger partial charge in [0.2, 0.25) is 11.9 Å². The lowest BCUT2D eigenvalue weighted by Crippen LogP contribution is -2.39. The van der Waals surface area contributed by atoms with Crippen molar-refractivity contribution < 1.29 is 18.0 Å². The van der Waals surface area contributed by atoms with Crippen LogP contribution in [0, 0.1) is 0 Å². The van der Waals surface area contributed by atoms with Crippen LogP contribution in [0.2, 0.25) is 0 Å². The lowest BCUT2D eigenvalue weighted by Gasteiger charge is -2.33. The van der Waals surface area contributed by atoms with Gasteiger partial charge in [-0.15, -0.1) is 0 Å². The molecule has 0 aliphatic carbocycles. The lowest BCUT2D eigenvalue weighted by atomic mass is 9.98. The van der Waals surface area contributed by atoms with E-state index in [-0.39, 0.29) is 12.3 Å². The normalized spacial score (nSPS) is 16.5. The van der Waals surface area contributed by atoms with E-state index < -0.39 is 17.8 Å². The fourth-order valence-electron chi connectivity index (χ4n) is 4.12. The number of para-hydroxylation sites is 2. The maximum atomic E-state index is 13.3. The summed E-state index contributed by atoms with van der Waals surface area (Å²) in [5, 5.41) is 0. The minimum Gasteiger partial charge on any atom is -0.302 e. The summed E-state index contributed by atoms with van der Waals surface area (Å²) in [4.78, 5) is 19.4. The Hall–Kier alpha value is -3.61. The number of carbonyl (C=O) groups is 1. The van der Waals surface area contributed by atoms with Gasteiger partial charge in [-0.05, 0) is 35.4 Å². The molecule has 1 atom stereocenters. The summed E-state index contributed by atoms with van der Waals surface area (Å²) in [7, 11) is 0. The van der Waals surface area contributed by atoms with E-state index in [9.17, 15) is 18.0 Å². The number of aromatic nitrogens is 2. The average molecular weight is 421 g/mol. The summed E-state index contributed by atoms with van der Waals surface area (Å²) < 4.78 is 41.8. The van der Waals surface area contributed by atoms with E-state index in [0.717, 1.165) is 23.2 Å². The standard InChI is InChI=1S/C24H18F3N3O/c25-24(26,27)18-10-6-9-17(13-18)21-14-22(31)29(15-16-7-2-1-3-8-16)23-28-19-11-4-5-12-20(19)30(21)23/h1-13,21H,14-15H2/t21-/m0/s1. The lowest BCUT2D eigenvalue weighted by molar-refractivity contribution is -0.137. The molecule has 1 aliphatic heterocycles. The summed E-state index contributed by atoms with van der Waals surface area (Å²) in [6.45, 7) is 0.346. The highest BCUT2D eigenvalue weighted by Crippen LogP contribution is 2.39. The van der Waals surface area contributed by atoms with Gasteiger partial charge in [-0.3, -0.25) is 9.69 Å².